The number of amides is 1. The summed E-state index contributed by atoms with van der Waals surface area (Å²) in [6, 6.07) is 0. The van der Waals surface area contributed by atoms with Crippen molar-refractivity contribution >= 4 is 5.91 Å². The Labute approximate surface area is 86.1 Å². The number of nitrogens with one attached hydrogen (secondary N) is 1. The van der Waals surface area contributed by atoms with Gasteiger partial charge in [-0.05, 0) is 31.6 Å². The molecule has 1 heterocycles. The summed E-state index contributed by atoms with van der Waals surface area (Å²) in [5.41, 5.74) is 1.35. The third-order valence-electron chi connectivity index (χ3n) is 3.31. The summed E-state index contributed by atoms with van der Waals surface area (Å²) in [5, 5.41) is 2.83. The van der Waals surface area contributed by atoms with Crippen LogP contribution in [0.1, 0.15) is 26.7 Å². The maximum absolute atomic E-state index is 11.5. The number of carbonyl (C=O) groups excluding carboxylic acids is 1. The highest BCUT2D eigenvalue weighted by Crippen LogP contribution is 2.42. The molecule has 3 atom stereocenters. The van der Waals surface area contributed by atoms with Crippen molar-refractivity contribution in [1.82, 2.24) is 5.32 Å². The van der Waals surface area contributed by atoms with Crippen molar-refractivity contribution in [3.63, 3.8) is 0 Å². The minimum atomic E-state index is 0.232. The molecule has 0 bridgehead atoms. The number of allylic oxidation sites excluding steroid dienone is 1. The number of hydrogen-bond acceptors (Lipinski definition) is 1. The van der Waals surface area contributed by atoms with Crippen molar-refractivity contribution in [3.05, 3.63) is 24.9 Å². The Kier molecular flexibility index (Phi) is 3.50. The SMILES string of the molecule is C=C.CC1=CNC(=O)C2C1CC[C@@H]2C. The van der Waals surface area contributed by atoms with Gasteiger partial charge in [-0.3, -0.25) is 4.79 Å². The van der Waals surface area contributed by atoms with E-state index in [-0.39, 0.29) is 11.8 Å². The van der Waals surface area contributed by atoms with Gasteiger partial charge in [0.25, 0.3) is 0 Å². The summed E-state index contributed by atoms with van der Waals surface area (Å²) in [6.07, 6.45) is 4.27. The molecule has 1 fully saturated rings. The van der Waals surface area contributed by atoms with Gasteiger partial charge in [0.15, 0.2) is 0 Å². The van der Waals surface area contributed by atoms with Gasteiger partial charge in [-0.2, -0.15) is 0 Å². The molecule has 0 radical (unpaired) electrons. The number of carbonyl (C=O) groups is 1. The summed E-state index contributed by atoms with van der Waals surface area (Å²) in [6.45, 7) is 10.3. The van der Waals surface area contributed by atoms with E-state index in [0.29, 0.717) is 11.8 Å². The summed E-state index contributed by atoms with van der Waals surface area (Å²) in [7, 11) is 0. The number of fused-ring (bicyclic) bond motifs is 1. The van der Waals surface area contributed by atoms with E-state index in [1.54, 1.807) is 0 Å². The molecule has 1 amide bonds. The standard InChI is InChI=1S/C10H15NO.C2H4/c1-6-3-4-8-7(2)5-11-10(12)9(6)8;1-2/h5-6,8-9H,3-4H2,1-2H3,(H,11,12);1-2H2/t6-,8?,9?;/m0./s1. The second-order valence-corrected chi connectivity index (χ2v) is 4.08. The Morgan fingerprint density at radius 3 is 2.64 bits per heavy atom. The third kappa shape index (κ3) is 1.74. The van der Waals surface area contributed by atoms with Gasteiger partial charge in [0, 0.05) is 12.1 Å². The first-order chi connectivity index (χ1) is 6.70. The van der Waals surface area contributed by atoms with Crippen molar-refractivity contribution in [2.75, 3.05) is 0 Å². The van der Waals surface area contributed by atoms with Gasteiger partial charge in [-0.15, -0.1) is 13.2 Å². The molecule has 0 aromatic rings. The third-order valence-corrected chi connectivity index (χ3v) is 3.31. The van der Waals surface area contributed by atoms with Crippen LogP contribution in [-0.4, -0.2) is 5.91 Å². The topological polar surface area (TPSA) is 29.1 Å². The van der Waals surface area contributed by atoms with Crippen LogP contribution in [0.3, 0.4) is 0 Å². The Balaban J connectivity index is 0.000000461. The maximum atomic E-state index is 11.5. The maximum Gasteiger partial charge on any atom is 0.227 e. The zero-order valence-corrected chi connectivity index (χ0v) is 9.05. The monoisotopic (exact) mass is 193 g/mol. The lowest BCUT2D eigenvalue weighted by atomic mass is 9.83. The molecule has 0 aromatic heterocycles. The van der Waals surface area contributed by atoms with Gasteiger partial charge in [0.1, 0.15) is 0 Å². The van der Waals surface area contributed by atoms with E-state index in [0.717, 1.165) is 0 Å². The first kappa shape index (κ1) is 11.0. The van der Waals surface area contributed by atoms with E-state index in [1.807, 2.05) is 6.20 Å². The molecular weight excluding hydrogens is 174 g/mol. The van der Waals surface area contributed by atoms with E-state index in [2.05, 4.69) is 32.3 Å². The molecule has 0 spiro atoms. The van der Waals surface area contributed by atoms with Crippen molar-refractivity contribution in [1.29, 1.82) is 0 Å². The molecule has 0 saturated heterocycles. The fraction of sp³-hybridized carbons (Fsp3) is 0.583. The highest BCUT2D eigenvalue weighted by Gasteiger charge is 2.40. The minimum Gasteiger partial charge on any atom is -0.332 e. The largest absolute Gasteiger partial charge is 0.332 e. The predicted octanol–water partition coefficient (Wildman–Crippen LogP) is 2.48. The smallest absolute Gasteiger partial charge is 0.227 e. The lowest BCUT2D eigenvalue weighted by molar-refractivity contribution is -0.126. The molecule has 2 aliphatic rings. The van der Waals surface area contributed by atoms with Crippen molar-refractivity contribution in [2.45, 2.75) is 26.7 Å². The molecule has 14 heavy (non-hydrogen) atoms. The Morgan fingerprint density at radius 1 is 1.43 bits per heavy atom. The average molecular weight is 193 g/mol. The quantitative estimate of drug-likeness (QED) is 0.588. The minimum absolute atomic E-state index is 0.232. The molecule has 2 nitrogen and oxygen atoms in total. The summed E-state index contributed by atoms with van der Waals surface area (Å²) in [4.78, 5) is 11.5. The Morgan fingerprint density at radius 2 is 2.07 bits per heavy atom. The van der Waals surface area contributed by atoms with E-state index in [9.17, 15) is 4.79 Å². The van der Waals surface area contributed by atoms with Crippen LogP contribution in [0.15, 0.2) is 24.9 Å². The zero-order valence-electron chi connectivity index (χ0n) is 9.05. The van der Waals surface area contributed by atoms with Crippen LogP contribution in [-0.2, 0) is 4.79 Å². The van der Waals surface area contributed by atoms with Crippen molar-refractivity contribution in [3.8, 4) is 0 Å². The summed E-state index contributed by atoms with van der Waals surface area (Å²) < 4.78 is 0. The molecular formula is C12H19NO. The van der Waals surface area contributed by atoms with E-state index < -0.39 is 0 Å². The second kappa shape index (κ2) is 4.45. The normalized spacial score (nSPS) is 34.9. The lowest BCUT2D eigenvalue weighted by Gasteiger charge is -2.26. The fourth-order valence-electron chi connectivity index (χ4n) is 2.54. The molecule has 0 aromatic carbocycles. The van der Waals surface area contributed by atoms with Gasteiger partial charge < -0.3 is 5.32 Å². The Bertz CT molecular complexity index is 257. The first-order valence-electron chi connectivity index (χ1n) is 5.17. The van der Waals surface area contributed by atoms with Gasteiger partial charge in [0.2, 0.25) is 5.91 Å². The number of hydrogen-bond donors (Lipinski definition) is 1. The van der Waals surface area contributed by atoms with E-state index >= 15 is 0 Å². The van der Waals surface area contributed by atoms with Gasteiger partial charge >= 0.3 is 0 Å². The van der Waals surface area contributed by atoms with Gasteiger partial charge in [0.05, 0.1) is 0 Å². The first-order valence-corrected chi connectivity index (χ1v) is 5.17. The van der Waals surface area contributed by atoms with Crippen molar-refractivity contribution in [2.24, 2.45) is 17.8 Å². The molecule has 2 heteroatoms. The summed E-state index contributed by atoms with van der Waals surface area (Å²) in [5.74, 6) is 1.60. The average Bonchev–Trinajstić information content (AvgIpc) is 2.59. The fourth-order valence-corrected chi connectivity index (χ4v) is 2.54. The molecule has 1 aliphatic heterocycles. The van der Waals surface area contributed by atoms with Crippen LogP contribution in [0, 0.1) is 17.8 Å². The second-order valence-electron chi connectivity index (χ2n) is 4.08. The number of rotatable bonds is 0. The molecule has 78 valence electrons. The molecule has 1 saturated carbocycles. The molecule has 1 N–H and O–H groups in total. The van der Waals surface area contributed by atoms with Gasteiger partial charge in [-0.1, -0.05) is 12.5 Å². The van der Waals surface area contributed by atoms with Crippen LogP contribution in [0.2, 0.25) is 0 Å². The van der Waals surface area contributed by atoms with E-state index in [1.165, 1.54) is 18.4 Å². The predicted molar refractivity (Wildman–Crippen MR) is 58.5 cm³/mol. The zero-order chi connectivity index (χ0) is 10.7. The van der Waals surface area contributed by atoms with Crippen LogP contribution in [0.5, 0.6) is 0 Å². The molecule has 2 unspecified atom stereocenters. The molecule has 2 rings (SSSR count). The lowest BCUT2D eigenvalue weighted by Crippen LogP contribution is -2.37. The van der Waals surface area contributed by atoms with Crippen LogP contribution in [0.4, 0.5) is 0 Å². The highest BCUT2D eigenvalue weighted by molar-refractivity contribution is 5.82. The van der Waals surface area contributed by atoms with E-state index in [4.69, 9.17) is 0 Å². The van der Waals surface area contributed by atoms with Crippen LogP contribution < -0.4 is 5.32 Å². The van der Waals surface area contributed by atoms with Crippen LogP contribution >= 0.6 is 0 Å². The highest BCUT2D eigenvalue weighted by atomic mass is 16.1. The van der Waals surface area contributed by atoms with Gasteiger partial charge in [-0.25, -0.2) is 0 Å². The summed E-state index contributed by atoms with van der Waals surface area (Å²) >= 11 is 0. The van der Waals surface area contributed by atoms with Crippen molar-refractivity contribution < 1.29 is 4.79 Å². The molecule has 1 aliphatic carbocycles. The van der Waals surface area contributed by atoms with Crippen LogP contribution in [0.25, 0.3) is 0 Å². The Hall–Kier alpha value is -1.05.